The number of rotatable bonds is 4. The first kappa shape index (κ1) is 30.1. The molecule has 2 aromatic rings. The van der Waals surface area contributed by atoms with E-state index < -0.39 is 77.4 Å². The highest BCUT2D eigenvalue weighted by Crippen LogP contribution is 2.44. The Kier molecular flexibility index (Phi) is 8.19. The third-order valence-corrected chi connectivity index (χ3v) is 5.96. The highest BCUT2D eigenvalue weighted by Gasteiger charge is 2.40. The fourth-order valence-corrected chi connectivity index (χ4v) is 4.35. The molecule has 0 saturated carbocycles. The molecule has 0 fully saturated rings. The number of hydrogen-bond donors (Lipinski definition) is 1. The fraction of sp³-hybridized carbons (Fsp3) is 0.440. The van der Waals surface area contributed by atoms with Crippen LogP contribution in [0.5, 0.6) is 0 Å². The van der Waals surface area contributed by atoms with E-state index in [1.165, 1.54) is 0 Å². The molecule has 2 aromatic carbocycles. The largest absolute Gasteiger partial charge is 0.446 e. The summed E-state index contributed by atoms with van der Waals surface area (Å²) in [5.41, 5.74) is -5.12. The van der Waals surface area contributed by atoms with Crippen LogP contribution in [0.25, 0.3) is 0 Å². The van der Waals surface area contributed by atoms with Crippen LogP contribution in [-0.2, 0) is 28.1 Å². The fourth-order valence-electron chi connectivity index (χ4n) is 4.35. The van der Waals surface area contributed by atoms with Gasteiger partial charge in [-0.05, 0) is 75.1 Å². The molecule has 2 amide bonds. The quantitative estimate of drug-likeness (QED) is 0.379. The normalized spacial score (nSPS) is 18.1. The third kappa shape index (κ3) is 7.15. The molecule has 1 heterocycles. The lowest BCUT2D eigenvalue weighted by atomic mass is 9.83. The van der Waals surface area contributed by atoms with E-state index in [4.69, 9.17) is 4.74 Å². The first-order valence-electron chi connectivity index (χ1n) is 11.6. The summed E-state index contributed by atoms with van der Waals surface area (Å²) >= 11 is 0. The van der Waals surface area contributed by atoms with Crippen molar-refractivity contribution in [2.24, 2.45) is 0 Å². The predicted octanol–water partition coefficient (Wildman–Crippen LogP) is 8.00. The van der Waals surface area contributed by atoms with Gasteiger partial charge in [0.15, 0.2) is 0 Å². The van der Waals surface area contributed by atoms with E-state index in [1.54, 1.807) is 20.8 Å². The summed E-state index contributed by atoms with van der Waals surface area (Å²) in [6.45, 7) is 4.71. The van der Waals surface area contributed by atoms with Gasteiger partial charge in [0.2, 0.25) is 5.91 Å². The summed E-state index contributed by atoms with van der Waals surface area (Å²) in [7, 11) is 0. The Bertz CT molecular complexity index is 1200. The molecular weight excluding hydrogens is 547 g/mol. The van der Waals surface area contributed by atoms with E-state index in [1.807, 2.05) is 5.32 Å². The minimum absolute atomic E-state index is 0.0364. The van der Waals surface area contributed by atoms with E-state index in [9.17, 15) is 49.1 Å². The lowest BCUT2D eigenvalue weighted by Crippen LogP contribution is -2.44. The molecule has 1 aliphatic rings. The van der Waals surface area contributed by atoms with E-state index in [0.29, 0.717) is 12.1 Å². The summed E-state index contributed by atoms with van der Waals surface area (Å²) in [6, 6.07) is 2.47. The van der Waals surface area contributed by atoms with Crippen molar-refractivity contribution in [3.8, 4) is 0 Å². The van der Waals surface area contributed by atoms with Crippen molar-refractivity contribution in [1.29, 1.82) is 0 Å². The second-order valence-electron chi connectivity index (χ2n) is 9.40. The van der Waals surface area contributed by atoms with Crippen LogP contribution in [-0.4, -0.2) is 24.1 Å². The monoisotopic (exact) mass is 570 g/mol. The second kappa shape index (κ2) is 10.6. The Morgan fingerprint density at radius 1 is 0.897 bits per heavy atom. The smallest absolute Gasteiger partial charge is 0.416 e. The Labute approximate surface area is 216 Å². The van der Waals surface area contributed by atoms with Crippen molar-refractivity contribution in [1.82, 2.24) is 0 Å². The van der Waals surface area contributed by atoms with Crippen LogP contribution in [0.4, 0.5) is 55.7 Å². The van der Waals surface area contributed by atoms with Crippen LogP contribution in [0.15, 0.2) is 36.4 Å². The summed E-state index contributed by atoms with van der Waals surface area (Å²) in [4.78, 5) is 26.6. The molecule has 1 aliphatic heterocycles. The molecule has 0 spiro atoms. The lowest BCUT2D eigenvalue weighted by Gasteiger charge is -2.39. The summed E-state index contributed by atoms with van der Waals surface area (Å²) in [5, 5.41) is 2.00. The van der Waals surface area contributed by atoms with E-state index >= 15 is 0 Å². The van der Waals surface area contributed by atoms with Crippen molar-refractivity contribution in [2.75, 3.05) is 10.2 Å². The minimum atomic E-state index is -5.14. The van der Waals surface area contributed by atoms with Gasteiger partial charge in [0.25, 0.3) is 0 Å². The van der Waals surface area contributed by atoms with Gasteiger partial charge in [-0.1, -0.05) is 0 Å². The number of hydrogen-bond acceptors (Lipinski definition) is 3. The third-order valence-electron chi connectivity index (χ3n) is 5.96. The zero-order valence-electron chi connectivity index (χ0n) is 20.7. The number of nitrogens with zero attached hydrogens (tertiary/aromatic N) is 1. The summed E-state index contributed by atoms with van der Waals surface area (Å²) in [5.74, 6) is -1.98. The molecule has 0 saturated heterocycles. The molecule has 0 radical (unpaired) electrons. The number of carbonyl (C=O) groups excluding carboxylic acids is 2. The zero-order chi connectivity index (χ0) is 29.5. The van der Waals surface area contributed by atoms with Gasteiger partial charge in [-0.15, -0.1) is 0 Å². The van der Waals surface area contributed by atoms with Gasteiger partial charge < -0.3 is 10.1 Å². The van der Waals surface area contributed by atoms with Crippen molar-refractivity contribution >= 4 is 23.4 Å². The number of carbonyl (C=O) groups is 2. The van der Waals surface area contributed by atoms with Crippen LogP contribution in [0.3, 0.4) is 0 Å². The van der Waals surface area contributed by atoms with E-state index in [-0.39, 0.29) is 23.7 Å². The summed E-state index contributed by atoms with van der Waals surface area (Å²) < 4.78 is 124. The average molecular weight is 570 g/mol. The number of benzene rings is 2. The van der Waals surface area contributed by atoms with E-state index in [2.05, 4.69) is 0 Å². The topological polar surface area (TPSA) is 58.6 Å². The Balaban J connectivity index is 1.96. The predicted molar refractivity (Wildman–Crippen MR) is 122 cm³/mol. The Hall–Kier alpha value is -3.45. The molecular formula is C25H23F9N2O3. The molecule has 3 rings (SSSR count). The maximum Gasteiger partial charge on any atom is 0.416 e. The van der Waals surface area contributed by atoms with Crippen molar-refractivity contribution in [3.05, 3.63) is 58.7 Å². The number of alkyl halides is 9. The van der Waals surface area contributed by atoms with Crippen LogP contribution in [0.2, 0.25) is 0 Å². The molecule has 2 unspecified atom stereocenters. The molecule has 2 atom stereocenters. The standard InChI is InChI=1S/C25H23F9N2O3/c1-12(2)39-22(38)36-13(3)6-14(19-11-15(23(26,27)28)4-5-20(19)36)7-21(37)35-18-9-16(24(29,30)31)8-17(10-18)25(32,33)34/h4-5,8-14H,6-7H2,1-3H3,(H,35,37). The molecule has 0 aliphatic carbocycles. The summed E-state index contributed by atoms with van der Waals surface area (Å²) in [6.07, 6.45) is -17.0. The van der Waals surface area contributed by atoms with Gasteiger partial charge >= 0.3 is 24.6 Å². The highest BCUT2D eigenvalue weighted by atomic mass is 19.4. The van der Waals surface area contributed by atoms with Crippen LogP contribution in [0, 0.1) is 0 Å². The molecule has 14 heteroatoms. The molecule has 0 bridgehead atoms. The number of amides is 2. The van der Waals surface area contributed by atoms with Crippen LogP contribution in [0.1, 0.15) is 61.8 Å². The van der Waals surface area contributed by atoms with E-state index in [0.717, 1.165) is 23.1 Å². The maximum absolute atomic E-state index is 13.4. The SMILES string of the molecule is CC(C)OC(=O)N1c2ccc(C(F)(F)F)cc2C(CC(=O)Nc2cc(C(F)(F)F)cc(C(F)(F)F)c2)CC1C. The van der Waals surface area contributed by atoms with Crippen molar-refractivity contribution < 1.29 is 53.8 Å². The molecule has 214 valence electrons. The van der Waals surface area contributed by atoms with Gasteiger partial charge in [0.1, 0.15) is 0 Å². The van der Waals surface area contributed by atoms with Crippen LogP contribution >= 0.6 is 0 Å². The molecule has 0 aromatic heterocycles. The van der Waals surface area contributed by atoms with Gasteiger partial charge in [-0.2, -0.15) is 39.5 Å². The lowest BCUT2D eigenvalue weighted by molar-refractivity contribution is -0.143. The minimum Gasteiger partial charge on any atom is -0.446 e. The van der Waals surface area contributed by atoms with Gasteiger partial charge in [0.05, 0.1) is 28.5 Å². The van der Waals surface area contributed by atoms with Gasteiger partial charge in [-0.3, -0.25) is 9.69 Å². The van der Waals surface area contributed by atoms with Gasteiger partial charge in [0, 0.05) is 18.2 Å². The van der Waals surface area contributed by atoms with Crippen molar-refractivity contribution in [2.45, 2.75) is 70.2 Å². The first-order valence-corrected chi connectivity index (χ1v) is 11.6. The first-order chi connectivity index (χ1) is 17.8. The molecule has 39 heavy (non-hydrogen) atoms. The van der Waals surface area contributed by atoms with Crippen molar-refractivity contribution in [3.63, 3.8) is 0 Å². The number of fused-ring (bicyclic) bond motifs is 1. The Morgan fingerprint density at radius 2 is 1.44 bits per heavy atom. The molecule has 1 N–H and O–H groups in total. The number of halogens is 9. The zero-order valence-corrected chi connectivity index (χ0v) is 20.7. The highest BCUT2D eigenvalue weighted by molar-refractivity contribution is 5.93. The maximum atomic E-state index is 13.4. The average Bonchev–Trinajstić information content (AvgIpc) is 2.76. The number of nitrogens with one attached hydrogen (secondary N) is 1. The molecule has 5 nitrogen and oxygen atoms in total. The number of ether oxygens (including phenoxy) is 1. The Morgan fingerprint density at radius 3 is 1.92 bits per heavy atom. The van der Waals surface area contributed by atoms with Gasteiger partial charge in [-0.25, -0.2) is 4.79 Å². The van der Waals surface area contributed by atoms with Crippen LogP contribution < -0.4 is 10.2 Å². The number of anilines is 2. The second-order valence-corrected chi connectivity index (χ2v) is 9.40.